The molecule has 1 rings (SSSR count). The van der Waals surface area contributed by atoms with Crippen LogP contribution in [0.5, 0.6) is 5.75 Å². The van der Waals surface area contributed by atoms with Crippen molar-refractivity contribution in [2.45, 2.75) is 11.5 Å². The molecule has 14 heavy (non-hydrogen) atoms. The first-order chi connectivity index (χ1) is 6.56. The van der Waals surface area contributed by atoms with Gasteiger partial charge in [-0.05, 0) is 50.2 Å². The Balaban J connectivity index is 3.04. The van der Waals surface area contributed by atoms with Crippen LogP contribution < -0.4 is 4.74 Å². The van der Waals surface area contributed by atoms with Crippen LogP contribution in [-0.2, 0) is 0 Å². The minimum absolute atomic E-state index is 0.129. The van der Waals surface area contributed by atoms with Gasteiger partial charge in [-0.3, -0.25) is 0 Å². The molecule has 0 bridgehead atoms. The van der Waals surface area contributed by atoms with E-state index in [1.54, 1.807) is 6.07 Å². The second-order valence-corrected chi connectivity index (χ2v) is 4.71. The van der Waals surface area contributed by atoms with Crippen LogP contribution in [0.2, 0.25) is 0 Å². The Morgan fingerprint density at radius 2 is 1.93 bits per heavy atom. The summed E-state index contributed by atoms with van der Waals surface area (Å²) in [5, 5.41) is 0. The molecule has 0 atom stereocenters. The van der Waals surface area contributed by atoms with Gasteiger partial charge in [0, 0.05) is 9.37 Å². The van der Waals surface area contributed by atoms with Crippen LogP contribution in [0.15, 0.2) is 26.0 Å². The minimum atomic E-state index is -2.81. The molecule has 0 aliphatic rings. The van der Waals surface area contributed by atoms with Crippen molar-refractivity contribution in [1.82, 2.24) is 0 Å². The van der Waals surface area contributed by atoms with Crippen LogP contribution in [0.1, 0.15) is 0 Å². The Morgan fingerprint density at radius 1 is 1.29 bits per heavy atom. The van der Waals surface area contributed by atoms with Crippen molar-refractivity contribution in [2.75, 3.05) is 6.26 Å². The van der Waals surface area contributed by atoms with Gasteiger partial charge in [0.1, 0.15) is 5.75 Å². The molecule has 0 fully saturated rings. The van der Waals surface area contributed by atoms with Crippen LogP contribution in [0, 0.1) is 0 Å². The standard InChI is InChI=1S/C8H6Br2F2OS/c1-14-5-3-2-4(13-8(11)12)6(9)7(5)10/h2-3,8H,1H3. The fraction of sp³-hybridized carbons (Fsp3) is 0.250. The molecule has 6 heteroatoms. The van der Waals surface area contributed by atoms with Gasteiger partial charge in [-0.1, -0.05) is 0 Å². The van der Waals surface area contributed by atoms with E-state index in [0.29, 0.717) is 4.47 Å². The maximum absolute atomic E-state index is 12.0. The number of alkyl halides is 2. The summed E-state index contributed by atoms with van der Waals surface area (Å²) in [5.74, 6) is 0.129. The molecule has 0 spiro atoms. The molecule has 0 aliphatic carbocycles. The summed E-state index contributed by atoms with van der Waals surface area (Å²) in [5.41, 5.74) is 0. The van der Waals surface area contributed by atoms with Crippen molar-refractivity contribution >= 4 is 43.6 Å². The second-order valence-electron chi connectivity index (χ2n) is 2.27. The van der Waals surface area contributed by atoms with E-state index in [9.17, 15) is 8.78 Å². The molecular formula is C8H6Br2F2OS. The molecule has 0 radical (unpaired) electrons. The number of thioether (sulfide) groups is 1. The third kappa shape index (κ3) is 2.84. The monoisotopic (exact) mass is 346 g/mol. The van der Waals surface area contributed by atoms with E-state index in [2.05, 4.69) is 36.6 Å². The lowest BCUT2D eigenvalue weighted by atomic mass is 10.3. The lowest BCUT2D eigenvalue weighted by molar-refractivity contribution is -0.0504. The molecule has 0 N–H and O–H groups in total. The van der Waals surface area contributed by atoms with E-state index in [0.717, 1.165) is 9.37 Å². The molecule has 0 saturated heterocycles. The van der Waals surface area contributed by atoms with E-state index in [4.69, 9.17) is 0 Å². The van der Waals surface area contributed by atoms with Crippen molar-refractivity contribution in [2.24, 2.45) is 0 Å². The predicted molar refractivity (Wildman–Crippen MR) is 60.3 cm³/mol. The quantitative estimate of drug-likeness (QED) is 0.742. The number of hydrogen-bond acceptors (Lipinski definition) is 2. The molecule has 0 amide bonds. The Bertz CT molecular complexity index is 333. The van der Waals surface area contributed by atoms with Crippen molar-refractivity contribution < 1.29 is 13.5 Å². The van der Waals surface area contributed by atoms with Crippen LogP contribution in [-0.4, -0.2) is 12.9 Å². The first kappa shape index (κ1) is 12.3. The van der Waals surface area contributed by atoms with Gasteiger partial charge in [-0.25, -0.2) is 0 Å². The minimum Gasteiger partial charge on any atom is -0.434 e. The van der Waals surface area contributed by atoms with E-state index in [-0.39, 0.29) is 5.75 Å². The third-order valence-corrected chi connectivity index (χ3v) is 4.63. The molecular weight excluding hydrogens is 342 g/mol. The van der Waals surface area contributed by atoms with Gasteiger partial charge in [0.15, 0.2) is 0 Å². The Hall–Kier alpha value is 0.190. The Kier molecular flexibility index (Phi) is 4.66. The molecule has 1 aromatic rings. The van der Waals surface area contributed by atoms with Gasteiger partial charge in [0.2, 0.25) is 0 Å². The van der Waals surface area contributed by atoms with Gasteiger partial charge in [-0.2, -0.15) is 8.78 Å². The first-order valence-corrected chi connectivity index (χ1v) is 6.34. The van der Waals surface area contributed by atoms with E-state index in [1.165, 1.54) is 17.8 Å². The highest BCUT2D eigenvalue weighted by Crippen LogP contribution is 2.39. The highest BCUT2D eigenvalue weighted by molar-refractivity contribution is 9.13. The topological polar surface area (TPSA) is 9.23 Å². The summed E-state index contributed by atoms with van der Waals surface area (Å²) in [6, 6.07) is 3.23. The lowest BCUT2D eigenvalue weighted by Crippen LogP contribution is -2.02. The summed E-state index contributed by atoms with van der Waals surface area (Å²) >= 11 is 7.99. The van der Waals surface area contributed by atoms with Gasteiger partial charge >= 0.3 is 6.61 Å². The molecule has 1 nitrogen and oxygen atoms in total. The van der Waals surface area contributed by atoms with E-state index < -0.39 is 6.61 Å². The molecule has 1 aromatic carbocycles. The normalized spacial score (nSPS) is 10.7. The number of halogens is 4. The highest BCUT2D eigenvalue weighted by Gasteiger charge is 2.12. The molecule has 0 aromatic heterocycles. The third-order valence-electron chi connectivity index (χ3n) is 1.45. The lowest BCUT2D eigenvalue weighted by Gasteiger charge is -2.10. The van der Waals surface area contributed by atoms with Crippen LogP contribution in [0.3, 0.4) is 0 Å². The van der Waals surface area contributed by atoms with Crippen molar-refractivity contribution in [3.8, 4) is 5.75 Å². The first-order valence-electron chi connectivity index (χ1n) is 3.53. The zero-order chi connectivity index (χ0) is 10.7. The summed E-state index contributed by atoms with van der Waals surface area (Å²) < 4.78 is 29.4. The van der Waals surface area contributed by atoms with Gasteiger partial charge in [0.25, 0.3) is 0 Å². The summed E-state index contributed by atoms with van der Waals surface area (Å²) in [7, 11) is 0. The van der Waals surface area contributed by atoms with Gasteiger partial charge in [-0.15, -0.1) is 11.8 Å². The maximum Gasteiger partial charge on any atom is 0.387 e. The number of benzene rings is 1. The zero-order valence-electron chi connectivity index (χ0n) is 7.06. The summed E-state index contributed by atoms with van der Waals surface area (Å²) in [4.78, 5) is 0.957. The maximum atomic E-state index is 12.0. The highest BCUT2D eigenvalue weighted by atomic mass is 79.9. The van der Waals surface area contributed by atoms with Crippen LogP contribution in [0.25, 0.3) is 0 Å². The number of ether oxygens (including phenoxy) is 1. The van der Waals surface area contributed by atoms with Crippen LogP contribution >= 0.6 is 43.6 Å². The molecule has 0 unspecified atom stereocenters. The zero-order valence-corrected chi connectivity index (χ0v) is 11.0. The van der Waals surface area contributed by atoms with Crippen molar-refractivity contribution in [1.29, 1.82) is 0 Å². The van der Waals surface area contributed by atoms with Gasteiger partial charge < -0.3 is 4.74 Å². The molecule has 0 aliphatic heterocycles. The number of hydrogen-bond donors (Lipinski definition) is 0. The largest absolute Gasteiger partial charge is 0.434 e. The SMILES string of the molecule is CSc1ccc(OC(F)F)c(Br)c1Br. The van der Waals surface area contributed by atoms with E-state index >= 15 is 0 Å². The predicted octanol–water partition coefficient (Wildman–Crippen LogP) is 4.53. The fourth-order valence-electron chi connectivity index (χ4n) is 0.859. The fourth-order valence-corrected chi connectivity index (χ4v) is 2.73. The average molecular weight is 348 g/mol. The molecule has 0 heterocycles. The second kappa shape index (κ2) is 5.32. The smallest absolute Gasteiger partial charge is 0.387 e. The Morgan fingerprint density at radius 3 is 2.43 bits per heavy atom. The van der Waals surface area contributed by atoms with Crippen molar-refractivity contribution in [3.63, 3.8) is 0 Å². The Labute approximate surface area is 101 Å². The summed E-state index contributed by atoms with van der Waals surface area (Å²) in [6.07, 6.45) is 1.90. The average Bonchev–Trinajstić information content (AvgIpc) is 2.13. The van der Waals surface area contributed by atoms with E-state index in [1.807, 2.05) is 6.26 Å². The van der Waals surface area contributed by atoms with Crippen molar-refractivity contribution in [3.05, 3.63) is 21.1 Å². The molecule has 0 saturated carbocycles. The summed E-state index contributed by atoms with van der Waals surface area (Å²) in [6.45, 7) is -2.81. The van der Waals surface area contributed by atoms with Crippen LogP contribution in [0.4, 0.5) is 8.78 Å². The van der Waals surface area contributed by atoms with Gasteiger partial charge in [0.05, 0.1) is 4.47 Å². The number of rotatable bonds is 3. The molecule has 78 valence electrons.